The van der Waals surface area contributed by atoms with Crippen LogP contribution in [0.5, 0.6) is 0 Å². The van der Waals surface area contributed by atoms with E-state index in [2.05, 4.69) is 0 Å². The number of rotatable bonds is 2. The zero-order valence-electron chi connectivity index (χ0n) is 11.0. The molecule has 2 aliphatic rings. The van der Waals surface area contributed by atoms with Gasteiger partial charge < -0.3 is 9.64 Å². The number of nitrogens with zero attached hydrogens (tertiary/aromatic N) is 1. The first-order valence-electron chi connectivity index (χ1n) is 6.72. The number of imide groups is 1. The van der Waals surface area contributed by atoms with Crippen LogP contribution >= 0.6 is 0 Å². The highest BCUT2D eigenvalue weighted by Gasteiger charge is 2.46. The number of halogens is 1. The standard InChI is InChI=1S/C14H15FN2O3/c15-10-3-1-2-4-11(10)17-13(18)9-12(14(17)19)16-5-7-20-8-6-16/h1-4,12H,5-9H2/p+1/t12-/m0/s1. The molecule has 0 unspecified atom stereocenters. The fourth-order valence-corrected chi connectivity index (χ4v) is 2.82. The molecular formula is C14H16FN2O3+. The van der Waals surface area contributed by atoms with Gasteiger partial charge in [0.05, 0.1) is 25.3 Å². The van der Waals surface area contributed by atoms with Gasteiger partial charge in [0, 0.05) is 0 Å². The van der Waals surface area contributed by atoms with Gasteiger partial charge in [0.15, 0.2) is 6.04 Å². The first-order chi connectivity index (χ1) is 9.68. The third-order valence-electron chi connectivity index (χ3n) is 3.87. The number of nitrogens with one attached hydrogen (secondary N) is 1. The Labute approximate surface area is 115 Å². The molecule has 0 bridgehead atoms. The molecule has 1 aromatic rings. The molecule has 2 amide bonds. The number of hydrogen-bond acceptors (Lipinski definition) is 3. The molecule has 5 nitrogen and oxygen atoms in total. The van der Waals surface area contributed by atoms with Crippen LogP contribution < -0.4 is 9.80 Å². The summed E-state index contributed by atoms with van der Waals surface area (Å²) in [4.78, 5) is 26.6. The molecule has 3 rings (SSSR count). The number of carbonyl (C=O) groups excluding carboxylic acids is 2. The largest absolute Gasteiger partial charge is 0.370 e. The van der Waals surface area contributed by atoms with Gasteiger partial charge in [0.25, 0.3) is 5.91 Å². The van der Waals surface area contributed by atoms with Crippen LogP contribution in [-0.4, -0.2) is 44.2 Å². The van der Waals surface area contributed by atoms with Crippen LogP contribution in [0.2, 0.25) is 0 Å². The molecule has 0 aliphatic carbocycles. The zero-order chi connectivity index (χ0) is 14.1. The Bertz CT molecular complexity index is 543. The minimum Gasteiger partial charge on any atom is -0.370 e. The summed E-state index contributed by atoms with van der Waals surface area (Å²) in [7, 11) is 0. The summed E-state index contributed by atoms with van der Waals surface area (Å²) in [5, 5.41) is 0. The summed E-state index contributed by atoms with van der Waals surface area (Å²) < 4.78 is 19.0. The van der Waals surface area contributed by atoms with Gasteiger partial charge >= 0.3 is 0 Å². The van der Waals surface area contributed by atoms with Crippen LogP contribution in [0.4, 0.5) is 10.1 Å². The summed E-state index contributed by atoms with van der Waals surface area (Å²) in [6.45, 7) is 2.59. The maximum absolute atomic E-state index is 13.8. The lowest BCUT2D eigenvalue weighted by atomic mass is 10.2. The Morgan fingerprint density at radius 3 is 2.60 bits per heavy atom. The second-order valence-electron chi connectivity index (χ2n) is 5.05. The average molecular weight is 279 g/mol. The van der Waals surface area contributed by atoms with E-state index in [1.807, 2.05) is 0 Å². The van der Waals surface area contributed by atoms with Gasteiger partial charge in [-0.3, -0.25) is 9.59 Å². The van der Waals surface area contributed by atoms with Crippen LogP contribution in [0.25, 0.3) is 0 Å². The third-order valence-corrected chi connectivity index (χ3v) is 3.87. The number of amides is 2. The number of morpholine rings is 1. The van der Waals surface area contributed by atoms with Gasteiger partial charge in [-0.25, -0.2) is 9.29 Å². The molecule has 2 heterocycles. The summed E-state index contributed by atoms with van der Waals surface area (Å²) in [6, 6.07) is 5.46. The van der Waals surface area contributed by atoms with E-state index in [0.717, 1.165) is 9.80 Å². The van der Waals surface area contributed by atoms with Crippen molar-refractivity contribution in [2.24, 2.45) is 0 Å². The van der Waals surface area contributed by atoms with E-state index in [-0.39, 0.29) is 23.9 Å². The highest BCUT2D eigenvalue weighted by molar-refractivity contribution is 6.21. The smallest absolute Gasteiger partial charge is 0.292 e. The molecule has 0 aromatic heterocycles. The van der Waals surface area contributed by atoms with E-state index < -0.39 is 11.9 Å². The number of benzene rings is 1. The quantitative estimate of drug-likeness (QED) is 0.734. The first-order valence-corrected chi connectivity index (χ1v) is 6.72. The number of hydrogen-bond donors (Lipinski definition) is 1. The topological polar surface area (TPSA) is 51.1 Å². The van der Waals surface area contributed by atoms with Crippen LogP contribution in [0.15, 0.2) is 24.3 Å². The Morgan fingerprint density at radius 2 is 1.90 bits per heavy atom. The van der Waals surface area contributed by atoms with Crippen molar-refractivity contribution < 1.29 is 23.6 Å². The van der Waals surface area contributed by atoms with Gasteiger partial charge in [-0.05, 0) is 12.1 Å². The van der Waals surface area contributed by atoms with Gasteiger partial charge in [0.1, 0.15) is 18.9 Å². The van der Waals surface area contributed by atoms with E-state index in [9.17, 15) is 14.0 Å². The Hall–Kier alpha value is -1.79. The molecule has 0 saturated carbocycles. The van der Waals surface area contributed by atoms with Crippen molar-refractivity contribution in [2.75, 3.05) is 31.2 Å². The van der Waals surface area contributed by atoms with Crippen LogP contribution in [-0.2, 0) is 14.3 Å². The third kappa shape index (κ3) is 2.21. The minimum atomic E-state index is -0.549. The summed E-state index contributed by atoms with van der Waals surface area (Å²) in [5.41, 5.74) is 0.0534. The number of para-hydroxylation sites is 1. The van der Waals surface area contributed by atoms with Crippen molar-refractivity contribution in [3.05, 3.63) is 30.1 Å². The molecule has 20 heavy (non-hydrogen) atoms. The lowest BCUT2D eigenvalue weighted by Gasteiger charge is -2.27. The number of quaternary nitrogens is 1. The van der Waals surface area contributed by atoms with Crippen molar-refractivity contribution in [3.8, 4) is 0 Å². The Kier molecular flexibility index (Phi) is 3.50. The van der Waals surface area contributed by atoms with Crippen molar-refractivity contribution in [2.45, 2.75) is 12.5 Å². The van der Waals surface area contributed by atoms with E-state index in [0.29, 0.717) is 26.3 Å². The van der Waals surface area contributed by atoms with Gasteiger partial charge in [-0.2, -0.15) is 0 Å². The highest BCUT2D eigenvalue weighted by atomic mass is 19.1. The van der Waals surface area contributed by atoms with Crippen LogP contribution in [0, 0.1) is 5.82 Å². The van der Waals surface area contributed by atoms with Crippen molar-refractivity contribution in [1.82, 2.24) is 0 Å². The van der Waals surface area contributed by atoms with E-state index in [1.54, 1.807) is 6.07 Å². The molecule has 6 heteroatoms. The second-order valence-corrected chi connectivity index (χ2v) is 5.05. The Morgan fingerprint density at radius 1 is 1.20 bits per heavy atom. The Balaban J connectivity index is 1.85. The van der Waals surface area contributed by atoms with Gasteiger partial charge in [0.2, 0.25) is 5.91 Å². The molecule has 106 valence electrons. The predicted octanol–water partition coefficient (Wildman–Crippen LogP) is -0.627. The highest BCUT2D eigenvalue weighted by Crippen LogP contribution is 2.24. The molecule has 0 spiro atoms. The fraction of sp³-hybridized carbons (Fsp3) is 0.429. The molecule has 1 atom stereocenters. The van der Waals surface area contributed by atoms with Crippen LogP contribution in [0.1, 0.15) is 6.42 Å². The molecule has 0 radical (unpaired) electrons. The van der Waals surface area contributed by atoms with Crippen molar-refractivity contribution in [3.63, 3.8) is 0 Å². The van der Waals surface area contributed by atoms with Gasteiger partial charge in [-0.1, -0.05) is 12.1 Å². The first kappa shape index (κ1) is 13.2. The SMILES string of the molecule is O=C1C[C@H]([NH+]2CCOCC2)C(=O)N1c1ccccc1F. The summed E-state index contributed by atoms with van der Waals surface area (Å²) in [5.74, 6) is -1.19. The average Bonchev–Trinajstić information content (AvgIpc) is 2.76. The molecule has 2 saturated heterocycles. The zero-order valence-corrected chi connectivity index (χ0v) is 11.0. The van der Waals surface area contributed by atoms with E-state index in [1.165, 1.54) is 18.2 Å². The molecule has 1 aromatic carbocycles. The molecule has 2 aliphatic heterocycles. The maximum Gasteiger partial charge on any atom is 0.292 e. The number of carbonyl (C=O) groups is 2. The lowest BCUT2D eigenvalue weighted by molar-refractivity contribution is -0.922. The summed E-state index contributed by atoms with van der Waals surface area (Å²) >= 11 is 0. The van der Waals surface area contributed by atoms with Gasteiger partial charge in [-0.15, -0.1) is 0 Å². The normalized spacial score (nSPS) is 24.4. The molecule has 2 fully saturated rings. The second kappa shape index (κ2) is 5.30. The van der Waals surface area contributed by atoms with Crippen molar-refractivity contribution >= 4 is 17.5 Å². The number of anilines is 1. The molecular weight excluding hydrogens is 263 g/mol. The van der Waals surface area contributed by atoms with E-state index >= 15 is 0 Å². The van der Waals surface area contributed by atoms with Crippen LogP contribution in [0.3, 0.4) is 0 Å². The number of ether oxygens (including phenoxy) is 1. The maximum atomic E-state index is 13.8. The lowest BCUT2D eigenvalue weighted by Crippen LogP contribution is -3.18. The molecule has 1 N–H and O–H groups in total. The predicted molar refractivity (Wildman–Crippen MR) is 68.8 cm³/mol. The minimum absolute atomic E-state index is 0.0534. The van der Waals surface area contributed by atoms with E-state index in [4.69, 9.17) is 4.74 Å². The van der Waals surface area contributed by atoms with Crippen molar-refractivity contribution in [1.29, 1.82) is 0 Å². The summed E-state index contributed by atoms with van der Waals surface area (Å²) in [6.07, 6.45) is 0.141. The monoisotopic (exact) mass is 279 g/mol. The fourth-order valence-electron chi connectivity index (χ4n) is 2.82.